The predicted molar refractivity (Wildman–Crippen MR) is 153 cm³/mol. The number of hydrogen-bond acceptors (Lipinski definition) is 7. The first-order valence-electron chi connectivity index (χ1n) is 14.6. The minimum atomic E-state index is -0.419. The number of halogens is 2. The Hall–Kier alpha value is -2.49. The van der Waals surface area contributed by atoms with Crippen molar-refractivity contribution in [3.05, 3.63) is 40.9 Å². The Morgan fingerprint density at radius 2 is 1.69 bits per heavy atom. The van der Waals surface area contributed by atoms with E-state index in [1.54, 1.807) is 6.07 Å². The van der Waals surface area contributed by atoms with Crippen LogP contribution in [0.1, 0.15) is 63.0 Å². The minimum Gasteiger partial charge on any atom is -0.395 e. The van der Waals surface area contributed by atoms with Crippen LogP contribution in [0.25, 0.3) is 11.2 Å². The maximum atomic E-state index is 14.0. The van der Waals surface area contributed by atoms with Crippen molar-refractivity contribution in [2.45, 2.75) is 64.0 Å². The largest absolute Gasteiger partial charge is 0.395 e. The fourth-order valence-electron chi connectivity index (χ4n) is 6.81. The van der Waals surface area contributed by atoms with Gasteiger partial charge in [0.1, 0.15) is 5.82 Å². The van der Waals surface area contributed by atoms with Gasteiger partial charge in [0, 0.05) is 32.2 Å². The molecule has 39 heavy (non-hydrogen) atoms. The van der Waals surface area contributed by atoms with E-state index in [9.17, 15) is 9.50 Å². The highest BCUT2D eigenvalue weighted by Gasteiger charge is 2.31. The van der Waals surface area contributed by atoms with Crippen molar-refractivity contribution in [3.63, 3.8) is 0 Å². The van der Waals surface area contributed by atoms with E-state index < -0.39 is 5.82 Å². The highest BCUT2D eigenvalue weighted by molar-refractivity contribution is 6.30. The van der Waals surface area contributed by atoms with Crippen molar-refractivity contribution in [2.24, 2.45) is 11.8 Å². The van der Waals surface area contributed by atoms with Gasteiger partial charge in [0.05, 0.1) is 18.0 Å². The van der Waals surface area contributed by atoms with Gasteiger partial charge in [0.15, 0.2) is 17.0 Å². The average molecular weight is 556 g/mol. The number of fused-ring (bicyclic) bond motifs is 1. The van der Waals surface area contributed by atoms with Crippen LogP contribution in [0.15, 0.2) is 24.5 Å². The number of piperidine rings is 2. The quantitative estimate of drug-likeness (QED) is 0.392. The van der Waals surface area contributed by atoms with E-state index in [1.807, 2.05) is 12.4 Å². The van der Waals surface area contributed by atoms with Crippen molar-refractivity contribution >= 4 is 34.5 Å². The lowest BCUT2D eigenvalue weighted by atomic mass is 9.79. The summed E-state index contributed by atoms with van der Waals surface area (Å²) < 4.78 is 16.3. The molecule has 0 atom stereocenters. The number of imidazole rings is 1. The Kier molecular flexibility index (Phi) is 8.18. The molecule has 3 aliphatic rings. The number of hydrogen-bond donors (Lipinski definition) is 2. The van der Waals surface area contributed by atoms with Gasteiger partial charge in [-0.1, -0.05) is 30.5 Å². The molecule has 8 nitrogen and oxygen atoms in total. The van der Waals surface area contributed by atoms with Crippen LogP contribution in [-0.2, 0) is 6.54 Å². The SMILES string of the molecule is OCCN1CCC(C2CCN(c3nc(NCc4ccc(Cl)c(F)c4)c4ncn(C5CCCC5)c4n3)CC2)CC1. The molecule has 1 saturated carbocycles. The second-order valence-electron chi connectivity index (χ2n) is 11.5. The van der Waals surface area contributed by atoms with E-state index in [0.29, 0.717) is 18.4 Å². The number of β-amino-alcohol motifs (C(OH)–C–C–N with tert-alkyl or cyclic N) is 1. The van der Waals surface area contributed by atoms with E-state index in [0.717, 1.165) is 92.9 Å². The zero-order valence-corrected chi connectivity index (χ0v) is 23.3. The van der Waals surface area contributed by atoms with E-state index >= 15 is 0 Å². The highest BCUT2D eigenvalue weighted by atomic mass is 35.5. The normalized spacial score (nSPS) is 20.3. The van der Waals surface area contributed by atoms with E-state index in [4.69, 9.17) is 26.6 Å². The van der Waals surface area contributed by atoms with Crippen molar-refractivity contribution in [1.82, 2.24) is 24.4 Å². The predicted octanol–water partition coefficient (Wildman–Crippen LogP) is 5.27. The lowest BCUT2D eigenvalue weighted by Crippen LogP contribution is -2.42. The molecular weight excluding hydrogens is 517 g/mol. The number of aliphatic hydroxyl groups excluding tert-OH is 1. The summed E-state index contributed by atoms with van der Waals surface area (Å²) in [6.45, 7) is 5.57. The molecule has 6 rings (SSSR count). The van der Waals surface area contributed by atoms with Crippen LogP contribution in [0, 0.1) is 17.7 Å². The molecule has 1 aliphatic carbocycles. The van der Waals surface area contributed by atoms with Crippen LogP contribution in [0.3, 0.4) is 0 Å². The van der Waals surface area contributed by atoms with Crippen LogP contribution in [0.5, 0.6) is 0 Å². The molecule has 0 amide bonds. The Bertz CT molecular complexity index is 1260. The smallest absolute Gasteiger partial charge is 0.229 e. The third kappa shape index (κ3) is 5.86. The Labute approximate surface area is 234 Å². The molecule has 10 heteroatoms. The second kappa shape index (κ2) is 11.9. The summed E-state index contributed by atoms with van der Waals surface area (Å²) in [5.74, 6) is 2.54. The second-order valence-corrected chi connectivity index (χ2v) is 11.9. The lowest BCUT2D eigenvalue weighted by Gasteiger charge is -2.40. The molecule has 0 bridgehead atoms. The molecule has 2 saturated heterocycles. The number of nitrogens with one attached hydrogen (secondary N) is 1. The Balaban J connectivity index is 1.20. The molecule has 0 spiro atoms. The summed E-state index contributed by atoms with van der Waals surface area (Å²) in [4.78, 5) is 19.5. The third-order valence-corrected chi connectivity index (χ3v) is 9.42. The maximum absolute atomic E-state index is 14.0. The van der Waals surface area contributed by atoms with Crippen LogP contribution >= 0.6 is 11.6 Å². The number of aliphatic hydroxyl groups is 1. The van der Waals surface area contributed by atoms with Gasteiger partial charge >= 0.3 is 0 Å². The Morgan fingerprint density at radius 3 is 2.38 bits per heavy atom. The van der Waals surface area contributed by atoms with Crippen molar-refractivity contribution in [3.8, 4) is 0 Å². The van der Waals surface area contributed by atoms with Gasteiger partial charge in [-0.2, -0.15) is 9.97 Å². The molecule has 4 heterocycles. The van der Waals surface area contributed by atoms with Crippen LogP contribution in [-0.4, -0.2) is 68.9 Å². The van der Waals surface area contributed by atoms with Crippen LogP contribution in [0.2, 0.25) is 5.02 Å². The highest BCUT2D eigenvalue weighted by Crippen LogP contribution is 2.36. The number of likely N-dealkylation sites (tertiary alicyclic amines) is 1. The molecule has 3 fully saturated rings. The van der Waals surface area contributed by atoms with Gasteiger partial charge in [0.2, 0.25) is 5.95 Å². The number of nitrogens with zero attached hydrogens (tertiary/aromatic N) is 6. The van der Waals surface area contributed by atoms with Gasteiger partial charge in [-0.05, 0) is 81.1 Å². The van der Waals surface area contributed by atoms with Crippen molar-refractivity contribution in [2.75, 3.05) is 49.5 Å². The Morgan fingerprint density at radius 1 is 0.974 bits per heavy atom. The monoisotopic (exact) mass is 555 g/mol. The molecule has 2 aliphatic heterocycles. The zero-order chi connectivity index (χ0) is 26.8. The van der Waals surface area contributed by atoms with Crippen LogP contribution < -0.4 is 10.2 Å². The lowest BCUT2D eigenvalue weighted by molar-refractivity contribution is 0.115. The number of anilines is 2. The minimum absolute atomic E-state index is 0.125. The van der Waals surface area contributed by atoms with Crippen LogP contribution in [0.4, 0.5) is 16.2 Å². The van der Waals surface area contributed by atoms with E-state index in [2.05, 4.69) is 19.7 Å². The average Bonchev–Trinajstić information content (AvgIpc) is 3.64. The molecule has 0 radical (unpaired) electrons. The summed E-state index contributed by atoms with van der Waals surface area (Å²) in [6, 6.07) is 5.31. The van der Waals surface area contributed by atoms with Gasteiger partial charge in [0.25, 0.3) is 0 Å². The van der Waals surface area contributed by atoms with E-state index in [1.165, 1.54) is 31.7 Å². The van der Waals surface area contributed by atoms with E-state index in [-0.39, 0.29) is 11.6 Å². The summed E-state index contributed by atoms with van der Waals surface area (Å²) >= 11 is 5.88. The number of rotatable bonds is 8. The fraction of sp³-hybridized carbons (Fsp3) is 0.621. The van der Waals surface area contributed by atoms with Gasteiger partial charge in [-0.15, -0.1) is 0 Å². The summed E-state index contributed by atoms with van der Waals surface area (Å²) in [7, 11) is 0. The third-order valence-electron chi connectivity index (χ3n) is 9.11. The van der Waals surface area contributed by atoms with Crippen molar-refractivity contribution in [1.29, 1.82) is 0 Å². The maximum Gasteiger partial charge on any atom is 0.229 e. The summed E-state index contributed by atoms with van der Waals surface area (Å²) in [5.41, 5.74) is 2.45. The summed E-state index contributed by atoms with van der Waals surface area (Å²) in [5, 5.41) is 12.8. The number of aromatic nitrogens is 4. The topological polar surface area (TPSA) is 82.3 Å². The standard InChI is InChI=1S/C29H39ClFN7O/c30-24-6-5-20(17-25(24)31)18-32-27-26-28(38(19-33-26)23-3-1-2-4-23)35-29(34-27)37-13-9-22(10-14-37)21-7-11-36(12-8-21)15-16-39/h5-6,17,19,21-23,39H,1-4,7-16,18H2,(H,32,34,35). The molecule has 1 aromatic carbocycles. The molecule has 210 valence electrons. The number of benzene rings is 1. The van der Waals surface area contributed by atoms with Crippen molar-refractivity contribution < 1.29 is 9.50 Å². The summed E-state index contributed by atoms with van der Waals surface area (Å²) in [6.07, 6.45) is 11.5. The van der Waals surface area contributed by atoms with Gasteiger partial charge < -0.3 is 24.8 Å². The first kappa shape index (κ1) is 26.7. The molecule has 0 unspecified atom stereocenters. The first-order valence-corrected chi connectivity index (χ1v) is 15.0. The van der Waals surface area contributed by atoms with Gasteiger partial charge in [-0.3, -0.25) is 0 Å². The van der Waals surface area contributed by atoms with Gasteiger partial charge in [-0.25, -0.2) is 9.37 Å². The molecular formula is C29H39ClFN7O. The molecule has 2 aromatic heterocycles. The molecule has 2 N–H and O–H groups in total. The zero-order valence-electron chi connectivity index (χ0n) is 22.5. The molecule has 3 aromatic rings. The fourth-order valence-corrected chi connectivity index (χ4v) is 6.93. The first-order chi connectivity index (χ1) is 19.1.